The van der Waals surface area contributed by atoms with Crippen LogP contribution in [0.4, 0.5) is 17.1 Å². The molecule has 0 spiro atoms. The molecule has 1 heterocycles. The van der Waals surface area contributed by atoms with E-state index in [4.69, 9.17) is 15.2 Å². The molecule has 9 nitrogen and oxygen atoms in total. The number of carbonyl (C=O) groups excluding carboxylic acids is 1. The van der Waals surface area contributed by atoms with Gasteiger partial charge in [-0.05, 0) is 35.9 Å². The number of sulfonamides is 1. The largest absolute Gasteiger partial charge is 0.493 e. The van der Waals surface area contributed by atoms with E-state index in [1.165, 1.54) is 11.4 Å². The lowest BCUT2D eigenvalue weighted by Gasteiger charge is -2.22. The number of nitrogens with one attached hydrogen (secondary N) is 2. The van der Waals surface area contributed by atoms with Crippen LogP contribution in [-0.2, 0) is 14.8 Å². The molecule has 0 saturated carbocycles. The standard InChI is InChI=1S/C26H28N4O5S/c1-34-22-15-20-21(16-23(22)35-2)29-26(31)24(20)25(17-7-5-4-6-8-17)28-18-9-11-19(12-10-18)30(14-13-27)36(3,32)33/h4-12,15-16,28H,13-14,27H2,1-3H3,(H,29,31)/b25-24-. The molecule has 1 aliphatic rings. The minimum absolute atomic E-state index is 0.174. The Morgan fingerprint density at radius 1 is 1.00 bits per heavy atom. The van der Waals surface area contributed by atoms with Gasteiger partial charge in [0, 0.05) is 30.4 Å². The number of rotatable bonds is 9. The van der Waals surface area contributed by atoms with E-state index in [9.17, 15) is 13.2 Å². The molecule has 4 N–H and O–H groups in total. The molecule has 4 rings (SSSR count). The number of hydrogen-bond donors (Lipinski definition) is 3. The Morgan fingerprint density at radius 3 is 2.22 bits per heavy atom. The molecule has 0 unspecified atom stereocenters. The SMILES string of the molecule is COc1cc2c(cc1OC)/C(=C(/Nc1ccc(N(CCN)S(C)(=O)=O)cc1)c1ccccc1)C(=O)N2. The van der Waals surface area contributed by atoms with Gasteiger partial charge >= 0.3 is 0 Å². The normalized spacial score (nSPS) is 14.1. The van der Waals surface area contributed by atoms with Gasteiger partial charge in [0.15, 0.2) is 11.5 Å². The number of nitrogens with zero attached hydrogens (tertiary/aromatic N) is 1. The van der Waals surface area contributed by atoms with E-state index in [2.05, 4.69) is 10.6 Å². The van der Waals surface area contributed by atoms with Crippen LogP contribution in [0.5, 0.6) is 11.5 Å². The number of carbonyl (C=O) groups is 1. The molecule has 0 aromatic heterocycles. The van der Waals surface area contributed by atoms with Crippen molar-refractivity contribution in [2.24, 2.45) is 5.73 Å². The number of amides is 1. The van der Waals surface area contributed by atoms with Crippen molar-refractivity contribution in [2.75, 3.05) is 48.5 Å². The van der Waals surface area contributed by atoms with E-state index in [0.717, 1.165) is 11.8 Å². The first-order valence-electron chi connectivity index (χ1n) is 11.2. The summed E-state index contributed by atoms with van der Waals surface area (Å²) in [5.41, 5.74) is 9.91. The zero-order chi connectivity index (χ0) is 25.9. The van der Waals surface area contributed by atoms with Crippen molar-refractivity contribution < 1.29 is 22.7 Å². The topological polar surface area (TPSA) is 123 Å². The number of hydrogen-bond acceptors (Lipinski definition) is 7. The van der Waals surface area contributed by atoms with E-state index < -0.39 is 10.0 Å². The smallest absolute Gasteiger partial charge is 0.258 e. The van der Waals surface area contributed by atoms with E-state index in [0.29, 0.717) is 45.4 Å². The summed E-state index contributed by atoms with van der Waals surface area (Å²) in [5.74, 6) is 0.743. The van der Waals surface area contributed by atoms with Gasteiger partial charge in [-0.3, -0.25) is 9.10 Å². The van der Waals surface area contributed by atoms with E-state index >= 15 is 0 Å². The highest BCUT2D eigenvalue weighted by atomic mass is 32.2. The predicted octanol–water partition coefficient (Wildman–Crippen LogP) is 3.36. The molecule has 0 aliphatic carbocycles. The maximum atomic E-state index is 13.2. The molecule has 188 valence electrons. The molecule has 3 aromatic carbocycles. The molecule has 0 atom stereocenters. The van der Waals surface area contributed by atoms with Crippen molar-refractivity contribution in [3.8, 4) is 11.5 Å². The predicted molar refractivity (Wildman–Crippen MR) is 143 cm³/mol. The Bertz CT molecular complexity index is 1400. The zero-order valence-electron chi connectivity index (χ0n) is 20.2. The summed E-state index contributed by atoms with van der Waals surface area (Å²) < 4.78 is 36.5. The summed E-state index contributed by atoms with van der Waals surface area (Å²) in [4.78, 5) is 13.2. The number of fused-ring (bicyclic) bond motifs is 1. The molecule has 0 fully saturated rings. The third-order valence-electron chi connectivity index (χ3n) is 5.74. The van der Waals surface area contributed by atoms with Crippen molar-refractivity contribution in [1.82, 2.24) is 0 Å². The van der Waals surface area contributed by atoms with Crippen molar-refractivity contribution in [1.29, 1.82) is 0 Å². The van der Waals surface area contributed by atoms with Gasteiger partial charge in [-0.25, -0.2) is 8.42 Å². The summed E-state index contributed by atoms with van der Waals surface area (Å²) in [6, 6.07) is 19.9. The van der Waals surface area contributed by atoms with Crippen molar-refractivity contribution in [3.63, 3.8) is 0 Å². The monoisotopic (exact) mass is 508 g/mol. The number of ether oxygens (including phenoxy) is 2. The average Bonchev–Trinajstić information content (AvgIpc) is 3.19. The van der Waals surface area contributed by atoms with Crippen molar-refractivity contribution in [2.45, 2.75) is 0 Å². The van der Waals surface area contributed by atoms with Crippen LogP contribution in [0.15, 0.2) is 66.7 Å². The van der Waals surface area contributed by atoms with E-state index in [-0.39, 0.29) is 19.0 Å². The average molecular weight is 509 g/mol. The van der Waals surface area contributed by atoms with Gasteiger partial charge in [-0.2, -0.15) is 0 Å². The highest BCUT2D eigenvalue weighted by Crippen LogP contribution is 2.43. The third kappa shape index (κ3) is 5.00. The fourth-order valence-electron chi connectivity index (χ4n) is 4.09. The second kappa shape index (κ2) is 10.3. The van der Waals surface area contributed by atoms with E-state index in [1.807, 2.05) is 30.3 Å². The van der Waals surface area contributed by atoms with Gasteiger partial charge in [-0.1, -0.05) is 30.3 Å². The van der Waals surface area contributed by atoms with Crippen LogP contribution in [0.1, 0.15) is 11.1 Å². The molecule has 0 saturated heterocycles. The molecule has 1 aliphatic heterocycles. The van der Waals surface area contributed by atoms with Crippen LogP contribution in [0.3, 0.4) is 0 Å². The molecule has 1 amide bonds. The first kappa shape index (κ1) is 25.1. The fourth-order valence-corrected chi connectivity index (χ4v) is 5.03. The minimum atomic E-state index is -3.48. The lowest BCUT2D eigenvalue weighted by Crippen LogP contribution is -2.34. The second-order valence-electron chi connectivity index (χ2n) is 8.12. The van der Waals surface area contributed by atoms with Crippen molar-refractivity contribution >= 4 is 44.3 Å². The van der Waals surface area contributed by atoms with Gasteiger partial charge in [0.2, 0.25) is 10.0 Å². The summed E-state index contributed by atoms with van der Waals surface area (Å²) in [6.07, 6.45) is 1.15. The Hall–Kier alpha value is -4.02. The Labute approximate surface area is 210 Å². The third-order valence-corrected chi connectivity index (χ3v) is 6.93. The maximum absolute atomic E-state index is 13.2. The van der Waals surface area contributed by atoms with Crippen LogP contribution in [0, 0.1) is 0 Å². The Balaban J connectivity index is 1.80. The second-order valence-corrected chi connectivity index (χ2v) is 10.0. The maximum Gasteiger partial charge on any atom is 0.258 e. The summed E-state index contributed by atoms with van der Waals surface area (Å²) in [5, 5.41) is 6.27. The molecule has 0 radical (unpaired) electrons. The molecular formula is C26H28N4O5S. The van der Waals surface area contributed by atoms with Gasteiger partial charge in [0.25, 0.3) is 5.91 Å². The Morgan fingerprint density at radius 2 is 1.64 bits per heavy atom. The fraction of sp³-hybridized carbons (Fsp3) is 0.192. The summed E-state index contributed by atoms with van der Waals surface area (Å²) >= 11 is 0. The quantitative estimate of drug-likeness (QED) is 0.379. The lowest BCUT2D eigenvalue weighted by molar-refractivity contribution is -0.110. The van der Waals surface area contributed by atoms with Crippen molar-refractivity contribution in [3.05, 3.63) is 77.9 Å². The van der Waals surface area contributed by atoms with E-state index in [1.54, 1.807) is 43.5 Å². The first-order chi connectivity index (χ1) is 17.3. The highest BCUT2D eigenvalue weighted by molar-refractivity contribution is 7.92. The number of benzene rings is 3. The molecule has 10 heteroatoms. The zero-order valence-corrected chi connectivity index (χ0v) is 21.1. The molecular weight excluding hydrogens is 480 g/mol. The van der Waals surface area contributed by atoms with Gasteiger partial charge in [0.05, 0.1) is 43.1 Å². The number of anilines is 3. The van der Waals surface area contributed by atoms with Crippen LogP contribution < -0.4 is 30.1 Å². The minimum Gasteiger partial charge on any atom is -0.493 e. The van der Waals surface area contributed by atoms with Gasteiger partial charge in [-0.15, -0.1) is 0 Å². The van der Waals surface area contributed by atoms with Crippen LogP contribution in [0.25, 0.3) is 11.3 Å². The number of methoxy groups -OCH3 is 2. The van der Waals surface area contributed by atoms with Gasteiger partial charge in [0.1, 0.15) is 0 Å². The van der Waals surface area contributed by atoms with Crippen LogP contribution in [0.2, 0.25) is 0 Å². The van der Waals surface area contributed by atoms with Gasteiger partial charge < -0.3 is 25.8 Å². The highest BCUT2D eigenvalue weighted by Gasteiger charge is 2.30. The lowest BCUT2D eigenvalue weighted by atomic mass is 9.99. The molecule has 0 bridgehead atoms. The molecule has 3 aromatic rings. The number of nitrogens with two attached hydrogens (primary N) is 1. The Kier molecular flexibility index (Phi) is 7.18. The molecule has 36 heavy (non-hydrogen) atoms. The summed E-state index contributed by atoms with van der Waals surface area (Å²) in [7, 11) is -0.396. The van der Waals surface area contributed by atoms with Crippen LogP contribution in [-0.4, -0.2) is 47.9 Å². The first-order valence-corrected chi connectivity index (χ1v) is 13.0. The summed E-state index contributed by atoms with van der Waals surface area (Å²) in [6.45, 7) is 0.368. The van der Waals surface area contributed by atoms with Crippen LogP contribution >= 0.6 is 0 Å².